The first-order chi connectivity index (χ1) is 16.4. The monoisotopic (exact) mass is 455 g/mol. The van der Waals surface area contributed by atoms with E-state index in [1.54, 1.807) is 36.0 Å². The normalized spacial score (nSPS) is 18.2. The van der Waals surface area contributed by atoms with Crippen LogP contribution in [0.1, 0.15) is 25.8 Å². The van der Waals surface area contributed by atoms with Gasteiger partial charge in [-0.1, -0.05) is 43.3 Å². The van der Waals surface area contributed by atoms with Crippen LogP contribution in [0.15, 0.2) is 81.2 Å². The van der Waals surface area contributed by atoms with E-state index >= 15 is 0 Å². The minimum absolute atomic E-state index is 0.241. The number of benzene rings is 2. The smallest absolute Gasteiger partial charge is 0.346 e. The van der Waals surface area contributed by atoms with Gasteiger partial charge in [0.1, 0.15) is 16.8 Å². The molecular weight excluding hydrogens is 434 g/mol. The van der Waals surface area contributed by atoms with Crippen LogP contribution in [0.25, 0.3) is 27.9 Å². The van der Waals surface area contributed by atoms with Gasteiger partial charge in [-0.05, 0) is 37.6 Å². The molecule has 1 fully saturated rings. The molecule has 1 aliphatic rings. The third-order valence-electron chi connectivity index (χ3n) is 5.92. The minimum Gasteiger partial charge on any atom is -0.422 e. The first-order valence-corrected chi connectivity index (χ1v) is 10.8. The highest BCUT2D eigenvalue weighted by molar-refractivity contribution is 6.07. The second-order valence-corrected chi connectivity index (χ2v) is 8.18. The Morgan fingerprint density at radius 1 is 1.09 bits per heavy atom. The predicted molar refractivity (Wildman–Crippen MR) is 127 cm³/mol. The van der Waals surface area contributed by atoms with Crippen molar-refractivity contribution in [1.82, 2.24) is 20.1 Å². The number of carbonyl (C=O) groups is 2. The van der Waals surface area contributed by atoms with Gasteiger partial charge in [-0.3, -0.25) is 4.79 Å². The molecule has 3 amide bonds. The van der Waals surface area contributed by atoms with Crippen LogP contribution in [-0.2, 0) is 4.79 Å². The fourth-order valence-corrected chi connectivity index (χ4v) is 3.76. The van der Waals surface area contributed by atoms with E-state index in [4.69, 9.17) is 4.42 Å². The lowest BCUT2D eigenvalue weighted by atomic mass is 10.00. The molecule has 0 saturated carbocycles. The summed E-state index contributed by atoms with van der Waals surface area (Å²) in [5.41, 5.74) is 0.666. The summed E-state index contributed by atoms with van der Waals surface area (Å²) in [5, 5.41) is 13.0. The molecule has 5 rings (SSSR count). The number of imide groups is 1. The molecule has 1 saturated heterocycles. The summed E-state index contributed by atoms with van der Waals surface area (Å²) in [4.78, 5) is 37.9. The van der Waals surface area contributed by atoms with E-state index in [1.165, 1.54) is 6.21 Å². The van der Waals surface area contributed by atoms with Crippen LogP contribution >= 0.6 is 0 Å². The fraction of sp³-hybridized carbons (Fsp3) is 0.160. The van der Waals surface area contributed by atoms with Crippen LogP contribution in [0.3, 0.4) is 0 Å². The number of rotatable bonds is 5. The molecule has 9 nitrogen and oxygen atoms in total. The topological polar surface area (TPSA) is 110 Å². The van der Waals surface area contributed by atoms with Gasteiger partial charge in [-0.2, -0.15) is 10.2 Å². The molecule has 9 heteroatoms. The van der Waals surface area contributed by atoms with Crippen LogP contribution in [0.5, 0.6) is 0 Å². The molecule has 0 aliphatic carbocycles. The summed E-state index contributed by atoms with van der Waals surface area (Å²) in [7, 11) is 0. The zero-order valence-electron chi connectivity index (χ0n) is 18.6. The van der Waals surface area contributed by atoms with Gasteiger partial charge >= 0.3 is 11.7 Å². The first-order valence-electron chi connectivity index (χ1n) is 10.8. The average Bonchev–Trinajstić information content (AvgIpc) is 3.36. The summed E-state index contributed by atoms with van der Waals surface area (Å²) in [5.74, 6) is -0.446. The van der Waals surface area contributed by atoms with Crippen LogP contribution in [0.2, 0.25) is 0 Å². The molecule has 0 radical (unpaired) electrons. The number of para-hydroxylation sites is 2. The maximum Gasteiger partial charge on any atom is 0.346 e. The number of fused-ring (bicyclic) bond motifs is 1. The molecule has 3 heterocycles. The lowest BCUT2D eigenvalue weighted by molar-refractivity contribution is -0.130. The third kappa shape index (κ3) is 3.57. The van der Waals surface area contributed by atoms with E-state index < -0.39 is 23.1 Å². The van der Waals surface area contributed by atoms with E-state index in [0.717, 1.165) is 16.1 Å². The van der Waals surface area contributed by atoms with Crippen LogP contribution < -0.4 is 10.9 Å². The summed E-state index contributed by atoms with van der Waals surface area (Å²) in [6, 6.07) is 17.6. The summed E-state index contributed by atoms with van der Waals surface area (Å²) < 4.78 is 7.10. The second-order valence-electron chi connectivity index (χ2n) is 8.18. The molecule has 34 heavy (non-hydrogen) atoms. The molecule has 1 atom stereocenters. The lowest BCUT2D eigenvalue weighted by Crippen LogP contribution is -2.42. The Morgan fingerprint density at radius 2 is 1.82 bits per heavy atom. The van der Waals surface area contributed by atoms with E-state index in [2.05, 4.69) is 15.5 Å². The van der Waals surface area contributed by atoms with Crippen molar-refractivity contribution in [1.29, 1.82) is 0 Å². The Bertz CT molecular complexity index is 1500. The SMILES string of the molecule is CC[C@]1(C)NC(=O)N(/N=C\c2cn(-c3ccccc3)nc2-c2cc3ccccc3oc2=O)C1=O. The summed E-state index contributed by atoms with van der Waals surface area (Å²) in [6.07, 6.45) is 3.47. The number of amides is 3. The highest BCUT2D eigenvalue weighted by Crippen LogP contribution is 2.25. The largest absolute Gasteiger partial charge is 0.422 e. The van der Waals surface area contributed by atoms with Gasteiger partial charge in [0, 0.05) is 17.1 Å². The summed E-state index contributed by atoms with van der Waals surface area (Å²) in [6.45, 7) is 3.47. The fourth-order valence-electron chi connectivity index (χ4n) is 3.76. The van der Waals surface area contributed by atoms with Crippen molar-refractivity contribution in [3.8, 4) is 16.9 Å². The molecule has 1 N–H and O–H groups in total. The van der Waals surface area contributed by atoms with Crippen LogP contribution in [-0.4, -0.2) is 38.5 Å². The van der Waals surface area contributed by atoms with Gasteiger partial charge in [0.2, 0.25) is 0 Å². The molecular formula is C25H21N5O4. The molecule has 0 spiro atoms. The maximum absolute atomic E-state index is 12.8. The Kier molecular flexibility index (Phi) is 5.09. The van der Waals surface area contributed by atoms with Crippen molar-refractivity contribution in [2.45, 2.75) is 25.8 Å². The van der Waals surface area contributed by atoms with Crippen molar-refractivity contribution in [2.75, 3.05) is 0 Å². The molecule has 170 valence electrons. The third-order valence-corrected chi connectivity index (χ3v) is 5.92. The van der Waals surface area contributed by atoms with E-state index in [1.807, 2.05) is 49.4 Å². The number of hydrogen-bond acceptors (Lipinski definition) is 6. The zero-order chi connectivity index (χ0) is 23.9. The van der Waals surface area contributed by atoms with Gasteiger partial charge in [-0.15, -0.1) is 5.01 Å². The summed E-state index contributed by atoms with van der Waals surface area (Å²) >= 11 is 0. The second kappa shape index (κ2) is 8.11. The predicted octanol–water partition coefficient (Wildman–Crippen LogP) is 3.70. The quantitative estimate of drug-likeness (QED) is 0.280. The van der Waals surface area contributed by atoms with Gasteiger partial charge in [0.15, 0.2) is 0 Å². The van der Waals surface area contributed by atoms with E-state index in [-0.39, 0.29) is 5.56 Å². The maximum atomic E-state index is 12.8. The molecule has 1 aliphatic heterocycles. The van der Waals surface area contributed by atoms with Crippen molar-refractivity contribution >= 4 is 29.1 Å². The van der Waals surface area contributed by atoms with Crippen LogP contribution in [0, 0.1) is 0 Å². The number of urea groups is 1. The number of hydrogen-bond donors (Lipinski definition) is 1. The van der Waals surface area contributed by atoms with E-state index in [9.17, 15) is 14.4 Å². The van der Waals surface area contributed by atoms with Crippen LogP contribution in [0.4, 0.5) is 4.79 Å². The first kappa shape index (κ1) is 21.3. The van der Waals surface area contributed by atoms with Gasteiger partial charge < -0.3 is 9.73 Å². The Morgan fingerprint density at radius 3 is 2.56 bits per heavy atom. The number of carbonyl (C=O) groups excluding carboxylic acids is 2. The molecule has 0 bridgehead atoms. The Hall–Kier alpha value is -4.53. The molecule has 4 aromatic rings. The number of nitrogens with one attached hydrogen (secondary N) is 1. The van der Waals surface area contributed by atoms with Crippen molar-refractivity contribution in [3.05, 3.63) is 82.8 Å². The van der Waals surface area contributed by atoms with Crippen molar-refractivity contribution < 1.29 is 14.0 Å². The molecule has 0 unspecified atom stereocenters. The van der Waals surface area contributed by atoms with Crippen molar-refractivity contribution in [3.63, 3.8) is 0 Å². The average molecular weight is 455 g/mol. The van der Waals surface area contributed by atoms with Gasteiger partial charge in [0.25, 0.3) is 5.91 Å². The standard InChI is InChI=1S/C25H21N5O4/c1-3-25(2)23(32)30(24(33)27-25)26-14-17-15-29(18-10-5-4-6-11-18)28-21(17)19-13-16-9-7-8-12-20(16)34-22(19)31/h4-15H,3H2,1-2H3,(H,27,33)/b26-14-/t25-/m0/s1. The van der Waals surface area contributed by atoms with Gasteiger partial charge in [-0.25, -0.2) is 14.3 Å². The lowest BCUT2D eigenvalue weighted by Gasteiger charge is -2.17. The Labute approximate surface area is 194 Å². The Balaban J connectivity index is 1.63. The highest BCUT2D eigenvalue weighted by atomic mass is 16.4. The van der Waals surface area contributed by atoms with Gasteiger partial charge in [0.05, 0.1) is 17.5 Å². The van der Waals surface area contributed by atoms with E-state index in [0.29, 0.717) is 23.3 Å². The minimum atomic E-state index is -1.01. The number of nitrogens with zero attached hydrogens (tertiary/aromatic N) is 4. The zero-order valence-corrected chi connectivity index (χ0v) is 18.6. The number of hydrazone groups is 1. The highest BCUT2D eigenvalue weighted by Gasteiger charge is 2.46. The molecule has 2 aromatic heterocycles. The molecule has 2 aromatic carbocycles. The van der Waals surface area contributed by atoms with Crippen molar-refractivity contribution in [2.24, 2.45) is 5.10 Å². The number of aromatic nitrogens is 2.